The molecule has 1 fully saturated rings. The highest BCUT2D eigenvalue weighted by Gasteiger charge is 2.23. The van der Waals surface area contributed by atoms with E-state index in [9.17, 15) is 9.18 Å². The SMILES string of the molecule is Cn1c(C(=O)NCc2nnc(C3CNC3)s2)ccc1-c1ccccc1F. The van der Waals surface area contributed by atoms with Gasteiger partial charge in [0.05, 0.1) is 12.2 Å². The van der Waals surface area contributed by atoms with Crippen molar-refractivity contribution in [3.63, 3.8) is 0 Å². The molecule has 0 aliphatic carbocycles. The highest BCUT2D eigenvalue weighted by Crippen LogP contribution is 2.25. The van der Waals surface area contributed by atoms with Crippen LogP contribution < -0.4 is 10.6 Å². The lowest BCUT2D eigenvalue weighted by Crippen LogP contribution is -2.39. The molecule has 4 rings (SSSR count). The van der Waals surface area contributed by atoms with Gasteiger partial charge < -0.3 is 15.2 Å². The van der Waals surface area contributed by atoms with Gasteiger partial charge in [-0.15, -0.1) is 10.2 Å². The number of rotatable bonds is 5. The Balaban J connectivity index is 1.45. The Bertz CT molecular complexity index is 947. The van der Waals surface area contributed by atoms with Crippen LogP contribution >= 0.6 is 11.3 Å². The molecular formula is C18H18FN5OS. The first-order chi connectivity index (χ1) is 12.6. The first-order valence-corrected chi connectivity index (χ1v) is 9.17. The fourth-order valence-corrected chi connectivity index (χ4v) is 3.77. The number of halogens is 1. The summed E-state index contributed by atoms with van der Waals surface area (Å²) in [5.74, 6) is -0.0992. The number of carbonyl (C=O) groups is 1. The highest BCUT2D eigenvalue weighted by molar-refractivity contribution is 7.11. The van der Waals surface area contributed by atoms with Gasteiger partial charge in [0.25, 0.3) is 5.91 Å². The number of nitrogens with one attached hydrogen (secondary N) is 2. The summed E-state index contributed by atoms with van der Waals surface area (Å²) in [4.78, 5) is 12.5. The second-order valence-corrected chi connectivity index (χ2v) is 7.31. The van der Waals surface area contributed by atoms with Gasteiger partial charge >= 0.3 is 0 Å². The summed E-state index contributed by atoms with van der Waals surface area (Å²) in [6.45, 7) is 2.20. The van der Waals surface area contributed by atoms with Gasteiger partial charge in [-0.2, -0.15) is 0 Å². The Morgan fingerprint density at radius 2 is 2.12 bits per heavy atom. The Kier molecular flexibility index (Phi) is 4.52. The maximum absolute atomic E-state index is 14.0. The van der Waals surface area contributed by atoms with E-state index >= 15 is 0 Å². The minimum atomic E-state index is -0.312. The van der Waals surface area contributed by atoms with Crippen LogP contribution in [0.1, 0.15) is 26.4 Å². The molecule has 0 bridgehead atoms. The monoisotopic (exact) mass is 371 g/mol. The fraction of sp³-hybridized carbons (Fsp3) is 0.278. The van der Waals surface area contributed by atoms with Crippen molar-refractivity contribution in [2.75, 3.05) is 13.1 Å². The van der Waals surface area contributed by atoms with Crippen molar-refractivity contribution >= 4 is 17.2 Å². The van der Waals surface area contributed by atoms with E-state index in [2.05, 4.69) is 20.8 Å². The van der Waals surface area contributed by atoms with Gasteiger partial charge in [-0.3, -0.25) is 4.79 Å². The van der Waals surface area contributed by atoms with E-state index in [0.717, 1.165) is 23.1 Å². The lowest BCUT2D eigenvalue weighted by molar-refractivity contribution is 0.0943. The predicted molar refractivity (Wildman–Crippen MR) is 97.5 cm³/mol. The molecule has 1 amide bonds. The van der Waals surface area contributed by atoms with E-state index < -0.39 is 0 Å². The minimum absolute atomic E-state index is 0.225. The van der Waals surface area contributed by atoms with Gasteiger partial charge in [-0.05, 0) is 24.3 Å². The number of benzene rings is 1. The number of aromatic nitrogens is 3. The molecule has 3 aromatic rings. The normalized spacial score (nSPS) is 14.2. The lowest BCUT2D eigenvalue weighted by Gasteiger charge is -2.23. The summed E-state index contributed by atoms with van der Waals surface area (Å²) in [5, 5.41) is 16.2. The molecule has 2 aromatic heterocycles. The van der Waals surface area contributed by atoms with Crippen molar-refractivity contribution < 1.29 is 9.18 Å². The summed E-state index contributed by atoms with van der Waals surface area (Å²) in [6.07, 6.45) is 0. The van der Waals surface area contributed by atoms with Gasteiger partial charge in [0.2, 0.25) is 0 Å². The molecule has 0 atom stereocenters. The molecule has 1 aliphatic rings. The Morgan fingerprint density at radius 3 is 2.85 bits per heavy atom. The highest BCUT2D eigenvalue weighted by atomic mass is 32.1. The third-order valence-corrected chi connectivity index (χ3v) is 5.60. The van der Waals surface area contributed by atoms with E-state index in [1.165, 1.54) is 17.4 Å². The van der Waals surface area contributed by atoms with Gasteiger partial charge in [-0.1, -0.05) is 23.5 Å². The van der Waals surface area contributed by atoms with Crippen LogP contribution in [0.15, 0.2) is 36.4 Å². The molecule has 1 saturated heterocycles. The zero-order chi connectivity index (χ0) is 18.1. The van der Waals surface area contributed by atoms with Crippen molar-refractivity contribution in [3.8, 4) is 11.3 Å². The number of carbonyl (C=O) groups excluding carboxylic acids is 1. The Hall–Kier alpha value is -2.58. The Labute approximate surface area is 154 Å². The minimum Gasteiger partial charge on any atom is -0.344 e. The summed E-state index contributed by atoms with van der Waals surface area (Å²) < 4.78 is 15.7. The molecule has 26 heavy (non-hydrogen) atoms. The molecule has 0 radical (unpaired) electrons. The Morgan fingerprint density at radius 1 is 1.31 bits per heavy atom. The second kappa shape index (κ2) is 6.97. The van der Waals surface area contributed by atoms with Crippen molar-refractivity contribution in [1.82, 2.24) is 25.4 Å². The average molecular weight is 371 g/mol. The van der Waals surface area contributed by atoms with Gasteiger partial charge in [-0.25, -0.2) is 4.39 Å². The summed E-state index contributed by atoms with van der Waals surface area (Å²) >= 11 is 1.53. The van der Waals surface area contributed by atoms with Crippen LogP contribution in [-0.2, 0) is 13.6 Å². The molecule has 1 aliphatic heterocycles. The van der Waals surface area contributed by atoms with Crippen LogP contribution in [0.4, 0.5) is 4.39 Å². The standard InChI is InChI=1S/C18H18FN5OS/c1-24-14(12-4-2-3-5-13(12)19)6-7-15(24)17(25)21-10-16-22-23-18(26-16)11-8-20-9-11/h2-7,11,20H,8-10H2,1H3,(H,21,25). The van der Waals surface area contributed by atoms with Gasteiger partial charge in [0.15, 0.2) is 0 Å². The molecule has 1 aromatic carbocycles. The third-order valence-electron chi connectivity index (χ3n) is 4.52. The molecule has 3 heterocycles. The van der Waals surface area contributed by atoms with E-state index in [4.69, 9.17) is 0 Å². The largest absolute Gasteiger partial charge is 0.344 e. The predicted octanol–water partition coefficient (Wildman–Crippen LogP) is 2.30. The molecule has 0 saturated carbocycles. The maximum Gasteiger partial charge on any atom is 0.268 e. The number of hydrogen-bond donors (Lipinski definition) is 2. The molecule has 6 nitrogen and oxygen atoms in total. The topological polar surface area (TPSA) is 71.8 Å². The van der Waals surface area contributed by atoms with Gasteiger partial charge in [0.1, 0.15) is 21.5 Å². The fourth-order valence-electron chi connectivity index (χ4n) is 2.89. The van der Waals surface area contributed by atoms with E-state index in [1.54, 1.807) is 41.9 Å². The first-order valence-electron chi connectivity index (χ1n) is 8.35. The van der Waals surface area contributed by atoms with Crippen LogP contribution in [0.25, 0.3) is 11.3 Å². The molecular weight excluding hydrogens is 353 g/mol. The van der Waals surface area contributed by atoms with Crippen LogP contribution in [-0.4, -0.2) is 33.8 Å². The maximum atomic E-state index is 14.0. The first kappa shape index (κ1) is 16.9. The van der Waals surface area contributed by atoms with E-state index in [0.29, 0.717) is 29.4 Å². The zero-order valence-electron chi connectivity index (χ0n) is 14.2. The zero-order valence-corrected chi connectivity index (χ0v) is 15.0. The molecule has 8 heteroatoms. The molecule has 0 unspecified atom stereocenters. The van der Waals surface area contributed by atoms with E-state index in [1.807, 2.05) is 0 Å². The molecule has 0 spiro atoms. The van der Waals surface area contributed by atoms with Crippen LogP contribution in [0, 0.1) is 5.82 Å². The summed E-state index contributed by atoms with van der Waals surface area (Å²) in [7, 11) is 1.75. The quantitative estimate of drug-likeness (QED) is 0.722. The number of hydrogen-bond acceptors (Lipinski definition) is 5. The van der Waals surface area contributed by atoms with Crippen LogP contribution in [0.3, 0.4) is 0 Å². The smallest absolute Gasteiger partial charge is 0.268 e. The second-order valence-electron chi connectivity index (χ2n) is 6.21. The number of amides is 1. The summed E-state index contributed by atoms with van der Waals surface area (Å²) in [6, 6.07) is 9.97. The van der Waals surface area contributed by atoms with Crippen molar-refractivity contribution in [1.29, 1.82) is 0 Å². The van der Waals surface area contributed by atoms with Crippen molar-refractivity contribution in [2.45, 2.75) is 12.5 Å². The van der Waals surface area contributed by atoms with Crippen LogP contribution in [0.2, 0.25) is 0 Å². The third kappa shape index (κ3) is 3.13. The van der Waals surface area contributed by atoms with Crippen LogP contribution in [0.5, 0.6) is 0 Å². The lowest BCUT2D eigenvalue weighted by atomic mass is 10.1. The van der Waals surface area contributed by atoms with Crippen molar-refractivity contribution in [3.05, 3.63) is 57.9 Å². The average Bonchev–Trinajstić information content (AvgIpc) is 3.19. The van der Waals surface area contributed by atoms with Crippen molar-refractivity contribution in [2.24, 2.45) is 7.05 Å². The molecule has 134 valence electrons. The molecule has 2 N–H and O–H groups in total. The number of nitrogens with zero attached hydrogens (tertiary/aromatic N) is 3. The van der Waals surface area contributed by atoms with Gasteiger partial charge in [0, 0.05) is 31.6 Å². The summed E-state index contributed by atoms with van der Waals surface area (Å²) in [5.41, 5.74) is 1.59. The van der Waals surface area contributed by atoms with E-state index in [-0.39, 0.29) is 11.7 Å².